The van der Waals surface area contributed by atoms with E-state index in [2.05, 4.69) is 0 Å². The summed E-state index contributed by atoms with van der Waals surface area (Å²) in [5.74, 6) is -1.64. The quantitative estimate of drug-likeness (QED) is 0.597. The average molecular weight is 359 g/mol. The number of hydrogen-bond donors (Lipinski definition) is 0. The number of hydroxylamine groups is 2. The van der Waals surface area contributed by atoms with Crippen molar-refractivity contribution in [1.29, 1.82) is 0 Å². The van der Waals surface area contributed by atoms with E-state index in [-0.39, 0.29) is 12.8 Å². The third kappa shape index (κ3) is 2.38. The van der Waals surface area contributed by atoms with Crippen molar-refractivity contribution in [3.05, 3.63) is 32.9 Å². The second-order valence-corrected chi connectivity index (χ2v) is 4.98. The first-order valence-corrected chi connectivity index (χ1v) is 6.42. The number of benzene rings is 1. The number of carbonyl (C=O) groups is 3. The number of aryl methyl sites for hydroxylation is 1. The molecule has 1 fully saturated rings. The molecule has 0 spiro atoms. The Morgan fingerprint density at radius 3 is 2.50 bits per heavy atom. The van der Waals surface area contributed by atoms with Gasteiger partial charge in [0.1, 0.15) is 0 Å². The van der Waals surface area contributed by atoms with Crippen molar-refractivity contribution in [2.75, 3.05) is 0 Å². The van der Waals surface area contributed by atoms with Crippen molar-refractivity contribution < 1.29 is 19.2 Å². The first-order valence-electron chi connectivity index (χ1n) is 5.34. The maximum Gasteiger partial charge on any atom is 0.364 e. The van der Waals surface area contributed by atoms with Gasteiger partial charge in [-0.3, -0.25) is 9.59 Å². The number of imide groups is 1. The van der Waals surface area contributed by atoms with Crippen molar-refractivity contribution >= 4 is 40.4 Å². The van der Waals surface area contributed by atoms with Crippen LogP contribution in [0.3, 0.4) is 0 Å². The normalized spacial score (nSPS) is 15.1. The Morgan fingerprint density at radius 2 is 1.89 bits per heavy atom. The molecule has 1 aromatic carbocycles. The highest BCUT2D eigenvalue weighted by Crippen LogP contribution is 2.19. The largest absolute Gasteiger partial charge is 0.364 e. The van der Waals surface area contributed by atoms with Crippen LogP contribution in [0.2, 0.25) is 0 Å². The molecule has 2 rings (SSSR count). The van der Waals surface area contributed by atoms with Crippen LogP contribution in [0.5, 0.6) is 0 Å². The molecule has 5 nitrogen and oxygen atoms in total. The third-order valence-electron chi connectivity index (χ3n) is 2.59. The van der Waals surface area contributed by atoms with E-state index < -0.39 is 17.8 Å². The van der Waals surface area contributed by atoms with E-state index in [1.807, 2.05) is 35.6 Å². The molecule has 1 aromatic rings. The standard InChI is InChI=1S/C12H10INO4/c1-7-3-2-4-8(11(7)13)12(17)18-14-9(15)5-6-10(14)16/h2-4H,5-6H2,1H3. The van der Waals surface area contributed by atoms with Crippen LogP contribution >= 0.6 is 22.6 Å². The minimum atomic E-state index is -0.688. The summed E-state index contributed by atoms with van der Waals surface area (Å²) in [7, 11) is 0. The predicted octanol–water partition coefficient (Wildman–Crippen LogP) is 1.82. The number of halogens is 1. The first-order chi connectivity index (χ1) is 8.50. The van der Waals surface area contributed by atoms with Crippen LogP contribution in [0.25, 0.3) is 0 Å². The van der Waals surface area contributed by atoms with Gasteiger partial charge >= 0.3 is 5.97 Å². The van der Waals surface area contributed by atoms with Gasteiger partial charge in [0.05, 0.1) is 5.56 Å². The third-order valence-corrected chi connectivity index (χ3v) is 4.02. The summed E-state index contributed by atoms with van der Waals surface area (Å²) in [5.41, 5.74) is 1.28. The minimum absolute atomic E-state index is 0.0943. The van der Waals surface area contributed by atoms with Gasteiger partial charge in [-0.05, 0) is 41.1 Å². The summed E-state index contributed by atoms with van der Waals surface area (Å²) in [5, 5.41) is 0.556. The van der Waals surface area contributed by atoms with Crippen LogP contribution < -0.4 is 0 Å². The molecule has 0 saturated carbocycles. The van der Waals surface area contributed by atoms with E-state index in [0.29, 0.717) is 10.6 Å². The van der Waals surface area contributed by atoms with Crippen molar-refractivity contribution in [1.82, 2.24) is 5.06 Å². The van der Waals surface area contributed by atoms with Crippen molar-refractivity contribution in [3.8, 4) is 0 Å². The minimum Gasteiger partial charge on any atom is -0.325 e. The molecule has 1 aliphatic rings. The average Bonchev–Trinajstić information content (AvgIpc) is 2.64. The van der Waals surface area contributed by atoms with Gasteiger partial charge in [-0.1, -0.05) is 12.1 Å². The number of carbonyl (C=O) groups excluding carboxylic acids is 3. The Bertz CT molecular complexity index is 525. The van der Waals surface area contributed by atoms with Crippen LogP contribution in [0, 0.1) is 10.5 Å². The van der Waals surface area contributed by atoms with Crippen molar-refractivity contribution in [2.45, 2.75) is 19.8 Å². The SMILES string of the molecule is Cc1cccc(C(=O)ON2C(=O)CCC2=O)c1I. The zero-order valence-corrected chi connectivity index (χ0v) is 11.8. The summed E-state index contributed by atoms with van der Waals surface area (Å²) >= 11 is 2.03. The van der Waals surface area contributed by atoms with Gasteiger partial charge in [0.15, 0.2) is 0 Å². The highest BCUT2D eigenvalue weighted by Gasteiger charge is 2.33. The van der Waals surface area contributed by atoms with E-state index in [1.54, 1.807) is 12.1 Å². The molecule has 2 amide bonds. The molecule has 0 atom stereocenters. The van der Waals surface area contributed by atoms with Gasteiger partial charge in [-0.2, -0.15) is 0 Å². The molecule has 1 heterocycles. The molecule has 18 heavy (non-hydrogen) atoms. The van der Waals surface area contributed by atoms with Crippen LogP contribution in [-0.4, -0.2) is 22.8 Å². The zero-order chi connectivity index (χ0) is 13.3. The molecule has 0 N–H and O–H groups in total. The maximum absolute atomic E-state index is 11.9. The summed E-state index contributed by atoms with van der Waals surface area (Å²) in [6.45, 7) is 1.87. The first kappa shape index (κ1) is 13.0. The second-order valence-electron chi connectivity index (χ2n) is 3.90. The molecule has 1 aliphatic heterocycles. The monoisotopic (exact) mass is 359 g/mol. The zero-order valence-electron chi connectivity index (χ0n) is 9.60. The fourth-order valence-corrected chi connectivity index (χ4v) is 2.17. The predicted molar refractivity (Wildman–Crippen MR) is 70.4 cm³/mol. The van der Waals surface area contributed by atoms with Crippen molar-refractivity contribution in [3.63, 3.8) is 0 Å². The van der Waals surface area contributed by atoms with Gasteiger partial charge in [-0.25, -0.2) is 4.79 Å². The second kappa shape index (κ2) is 5.05. The molecule has 0 aliphatic carbocycles. The Hall–Kier alpha value is -1.44. The smallest absolute Gasteiger partial charge is 0.325 e. The number of nitrogens with zero attached hydrogens (tertiary/aromatic N) is 1. The number of amides is 2. The number of rotatable bonds is 2. The fraction of sp³-hybridized carbons (Fsp3) is 0.250. The van der Waals surface area contributed by atoms with Crippen molar-refractivity contribution in [2.24, 2.45) is 0 Å². The lowest BCUT2D eigenvalue weighted by Crippen LogP contribution is -2.32. The molecule has 0 aromatic heterocycles. The van der Waals surface area contributed by atoms with Gasteiger partial charge < -0.3 is 4.84 Å². The number of hydrogen-bond acceptors (Lipinski definition) is 4. The molecular weight excluding hydrogens is 349 g/mol. The van der Waals surface area contributed by atoms with E-state index in [4.69, 9.17) is 4.84 Å². The van der Waals surface area contributed by atoms with Gasteiger partial charge in [-0.15, -0.1) is 5.06 Å². The summed E-state index contributed by atoms with van der Waals surface area (Å²) in [6, 6.07) is 5.19. The van der Waals surface area contributed by atoms with Gasteiger partial charge in [0.2, 0.25) is 0 Å². The van der Waals surface area contributed by atoms with Gasteiger partial charge in [0.25, 0.3) is 11.8 Å². The highest BCUT2D eigenvalue weighted by molar-refractivity contribution is 14.1. The lowest BCUT2D eigenvalue weighted by atomic mass is 10.1. The molecule has 0 radical (unpaired) electrons. The Labute approximate surface area is 117 Å². The van der Waals surface area contributed by atoms with E-state index in [9.17, 15) is 14.4 Å². The maximum atomic E-state index is 11.9. The fourth-order valence-electron chi connectivity index (χ4n) is 1.60. The van der Waals surface area contributed by atoms with E-state index in [0.717, 1.165) is 9.13 Å². The lowest BCUT2D eigenvalue weighted by Gasteiger charge is -2.13. The van der Waals surface area contributed by atoms with Crippen LogP contribution in [0.15, 0.2) is 18.2 Å². The Kier molecular flexibility index (Phi) is 3.65. The Balaban J connectivity index is 2.20. The topological polar surface area (TPSA) is 63.7 Å². The molecule has 0 bridgehead atoms. The lowest BCUT2D eigenvalue weighted by molar-refractivity contribution is -0.172. The summed E-state index contributed by atoms with van der Waals surface area (Å²) in [6.07, 6.45) is 0.189. The summed E-state index contributed by atoms with van der Waals surface area (Å²) < 4.78 is 0.749. The molecular formula is C12H10INO4. The molecule has 1 saturated heterocycles. The summed E-state index contributed by atoms with van der Waals surface area (Å²) in [4.78, 5) is 39.4. The molecule has 94 valence electrons. The van der Waals surface area contributed by atoms with E-state index in [1.165, 1.54) is 0 Å². The van der Waals surface area contributed by atoms with E-state index >= 15 is 0 Å². The van der Waals surface area contributed by atoms with Crippen LogP contribution in [0.4, 0.5) is 0 Å². The van der Waals surface area contributed by atoms with Gasteiger partial charge in [0, 0.05) is 16.4 Å². The molecule has 6 heteroatoms. The highest BCUT2D eigenvalue weighted by atomic mass is 127. The van der Waals surface area contributed by atoms with Crippen LogP contribution in [0.1, 0.15) is 28.8 Å². The Morgan fingerprint density at radius 1 is 1.28 bits per heavy atom. The van der Waals surface area contributed by atoms with Crippen LogP contribution in [-0.2, 0) is 14.4 Å². The molecule has 0 unspecified atom stereocenters.